The van der Waals surface area contributed by atoms with Gasteiger partial charge in [-0.3, -0.25) is 4.79 Å². The number of carbonyl (C=O) groups excluding carboxylic acids is 1. The Hall–Kier alpha value is -1.81. The van der Waals surface area contributed by atoms with Gasteiger partial charge in [0.1, 0.15) is 5.75 Å². The Balaban J connectivity index is 2.17. The molecule has 0 saturated carbocycles. The molecule has 1 amide bonds. The minimum atomic E-state index is -0.279. The number of amides is 1. The van der Waals surface area contributed by atoms with E-state index in [9.17, 15) is 9.90 Å². The van der Waals surface area contributed by atoms with Crippen LogP contribution in [0.1, 0.15) is 34.5 Å². The maximum Gasteiger partial charge on any atom is 0.255 e. The fourth-order valence-electron chi connectivity index (χ4n) is 1.97. The number of hydrogen-bond acceptors (Lipinski definition) is 2. The maximum atomic E-state index is 12.2. The third-order valence-electron chi connectivity index (χ3n) is 3.09. The van der Waals surface area contributed by atoms with Crippen LogP contribution in [0.25, 0.3) is 0 Å². The van der Waals surface area contributed by atoms with Crippen molar-refractivity contribution in [3.63, 3.8) is 0 Å². The Bertz CT molecular complexity index is 640. The zero-order chi connectivity index (χ0) is 14.7. The van der Waals surface area contributed by atoms with Crippen LogP contribution in [0.5, 0.6) is 5.75 Å². The fraction of sp³-hybridized carbons (Fsp3) is 0.188. The minimum absolute atomic E-state index is 0.00505. The van der Waals surface area contributed by atoms with E-state index in [4.69, 9.17) is 0 Å². The number of phenols is 1. The van der Waals surface area contributed by atoms with Crippen molar-refractivity contribution in [3.8, 4) is 5.75 Å². The van der Waals surface area contributed by atoms with Crippen LogP contribution in [0.15, 0.2) is 46.9 Å². The molecule has 0 aromatic heterocycles. The molecule has 0 spiro atoms. The van der Waals surface area contributed by atoms with Crippen molar-refractivity contribution in [1.82, 2.24) is 5.32 Å². The summed E-state index contributed by atoms with van der Waals surface area (Å²) in [5.41, 5.74) is 2.23. The quantitative estimate of drug-likeness (QED) is 0.893. The van der Waals surface area contributed by atoms with E-state index in [1.807, 2.05) is 38.1 Å². The number of rotatable bonds is 3. The van der Waals surface area contributed by atoms with E-state index in [2.05, 4.69) is 21.2 Å². The second kappa shape index (κ2) is 6.09. The van der Waals surface area contributed by atoms with E-state index in [0.717, 1.165) is 15.6 Å². The molecule has 0 radical (unpaired) electrons. The number of benzene rings is 2. The summed E-state index contributed by atoms with van der Waals surface area (Å²) in [4.78, 5) is 12.2. The third-order valence-corrected chi connectivity index (χ3v) is 3.59. The molecule has 20 heavy (non-hydrogen) atoms. The highest BCUT2D eigenvalue weighted by Gasteiger charge is 2.15. The maximum absolute atomic E-state index is 12.2. The molecule has 1 atom stereocenters. The Kier molecular flexibility index (Phi) is 4.45. The van der Waals surface area contributed by atoms with Crippen molar-refractivity contribution in [2.24, 2.45) is 0 Å². The zero-order valence-corrected chi connectivity index (χ0v) is 12.9. The van der Waals surface area contributed by atoms with Crippen LogP contribution in [0.2, 0.25) is 0 Å². The zero-order valence-electron chi connectivity index (χ0n) is 11.4. The SMILES string of the molecule is Cc1ccc(O)c(C(=O)NC(C)c2cccc(Br)c2)c1. The number of hydrogen-bond donors (Lipinski definition) is 2. The Labute approximate surface area is 126 Å². The van der Waals surface area contributed by atoms with Crippen LogP contribution in [-0.4, -0.2) is 11.0 Å². The van der Waals surface area contributed by atoms with Crippen LogP contribution in [-0.2, 0) is 0 Å². The first kappa shape index (κ1) is 14.6. The van der Waals surface area contributed by atoms with Gasteiger partial charge in [0, 0.05) is 4.47 Å². The summed E-state index contributed by atoms with van der Waals surface area (Å²) < 4.78 is 0.967. The standard InChI is InChI=1S/C16H16BrNO2/c1-10-6-7-15(19)14(8-10)16(20)18-11(2)12-4-3-5-13(17)9-12/h3-9,11,19H,1-2H3,(H,18,20). The van der Waals surface area contributed by atoms with E-state index in [-0.39, 0.29) is 17.7 Å². The summed E-state index contributed by atoms with van der Waals surface area (Å²) in [7, 11) is 0. The normalized spacial score (nSPS) is 11.9. The Morgan fingerprint density at radius 3 is 2.70 bits per heavy atom. The molecule has 0 fully saturated rings. The monoisotopic (exact) mass is 333 g/mol. The van der Waals surface area contributed by atoms with Gasteiger partial charge >= 0.3 is 0 Å². The lowest BCUT2D eigenvalue weighted by molar-refractivity contribution is 0.0937. The molecule has 2 aromatic rings. The van der Waals surface area contributed by atoms with Crippen LogP contribution in [0.4, 0.5) is 0 Å². The summed E-state index contributed by atoms with van der Waals surface area (Å²) >= 11 is 3.41. The van der Waals surface area contributed by atoms with Crippen molar-refractivity contribution < 1.29 is 9.90 Å². The topological polar surface area (TPSA) is 49.3 Å². The summed E-state index contributed by atoms with van der Waals surface area (Å²) in [6, 6.07) is 12.6. The number of phenolic OH excluding ortho intramolecular Hbond substituents is 1. The number of aryl methyl sites for hydroxylation is 1. The van der Waals surface area contributed by atoms with E-state index >= 15 is 0 Å². The van der Waals surface area contributed by atoms with Gasteiger partial charge in [-0.25, -0.2) is 0 Å². The summed E-state index contributed by atoms with van der Waals surface area (Å²) in [5, 5.41) is 12.7. The Morgan fingerprint density at radius 2 is 2.00 bits per heavy atom. The average molecular weight is 334 g/mol. The highest BCUT2D eigenvalue weighted by atomic mass is 79.9. The number of aromatic hydroxyl groups is 1. The van der Waals surface area contributed by atoms with Gasteiger partial charge in [-0.1, -0.05) is 39.7 Å². The second-order valence-corrected chi connectivity index (χ2v) is 5.69. The fourth-order valence-corrected chi connectivity index (χ4v) is 2.38. The molecule has 2 rings (SSSR count). The lowest BCUT2D eigenvalue weighted by Gasteiger charge is -2.15. The molecule has 0 aliphatic carbocycles. The summed E-state index contributed by atoms with van der Waals surface area (Å²) in [6.45, 7) is 3.79. The predicted octanol–water partition coefficient (Wildman–Crippen LogP) is 3.95. The first-order valence-electron chi connectivity index (χ1n) is 6.33. The average Bonchev–Trinajstić information content (AvgIpc) is 2.41. The van der Waals surface area contributed by atoms with Crippen LogP contribution < -0.4 is 5.32 Å². The smallest absolute Gasteiger partial charge is 0.255 e. The van der Waals surface area contributed by atoms with E-state index in [0.29, 0.717) is 5.56 Å². The molecule has 2 N–H and O–H groups in total. The highest BCUT2D eigenvalue weighted by molar-refractivity contribution is 9.10. The molecule has 0 bridgehead atoms. The van der Waals surface area contributed by atoms with Gasteiger partial charge in [-0.15, -0.1) is 0 Å². The largest absolute Gasteiger partial charge is 0.507 e. The molecular weight excluding hydrogens is 318 g/mol. The van der Waals surface area contributed by atoms with Gasteiger partial charge in [-0.2, -0.15) is 0 Å². The van der Waals surface area contributed by atoms with Crippen molar-refractivity contribution >= 4 is 21.8 Å². The molecule has 2 aromatic carbocycles. The van der Waals surface area contributed by atoms with Gasteiger partial charge < -0.3 is 10.4 Å². The third kappa shape index (κ3) is 3.39. The van der Waals surface area contributed by atoms with Gasteiger partial charge in [0.05, 0.1) is 11.6 Å². The minimum Gasteiger partial charge on any atom is -0.507 e. The molecule has 0 heterocycles. The van der Waals surface area contributed by atoms with Gasteiger partial charge in [0.25, 0.3) is 5.91 Å². The second-order valence-electron chi connectivity index (χ2n) is 4.77. The van der Waals surface area contributed by atoms with Crippen molar-refractivity contribution in [2.75, 3.05) is 0 Å². The lowest BCUT2D eigenvalue weighted by Crippen LogP contribution is -2.26. The number of halogens is 1. The highest BCUT2D eigenvalue weighted by Crippen LogP contribution is 2.21. The van der Waals surface area contributed by atoms with Crippen molar-refractivity contribution in [3.05, 3.63) is 63.6 Å². The molecular formula is C16H16BrNO2. The Morgan fingerprint density at radius 1 is 1.25 bits per heavy atom. The summed E-state index contributed by atoms with van der Waals surface area (Å²) in [5.74, 6) is -0.284. The molecule has 0 saturated heterocycles. The molecule has 0 aliphatic heterocycles. The van der Waals surface area contributed by atoms with E-state index in [1.54, 1.807) is 12.1 Å². The first-order valence-corrected chi connectivity index (χ1v) is 7.12. The van der Waals surface area contributed by atoms with Gasteiger partial charge in [0.2, 0.25) is 0 Å². The summed E-state index contributed by atoms with van der Waals surface area (Å²) in [6.07, 6.45) is 0. The van der Waals surface area contributed by atoms with Crippen LogP contribution in [0, 0.1) is 6.92 Å². The van der Waals surface area contributed by atoms with Crippen LogP contribution in [0.3, 0.4) is 0 Å². The van der Waals surface area contributed by atoms with Crippen molar-refractivity contribution in [1.29, 1.82) is 0 Å². The first-order chi connectivity index (χ1) is 9.47. The molecule has 3 nitrogen and oxygen atoms in total. The van der Waals surface area contributed by atoms with E-state index in [1.165, 1.54) is 6.07 Å². The molecule has 1 unspecified atom stereocenters. The lowest BCUT2D eigenvalue weighted by atomic mass is 10.1. The van der Waals surface area contributed by atoms with Crippen LogP contribution >= 0.6 is 15.9 Å². The number of carbonyl (C=O) groups is 1. The molecule has 4 heteroatoms. The molecule has 104 valence electrons. The van der Waals surface area contributed by atoms with E-state index < -0.39 is 0 Å². The molecule has 0 aliphatic rings. The van der Waals surface area contributed by atoms with Gasteiger partial charge in [0.15, 0.2) is 0 Å². The predicted molar refractivity (Wildman–Crippen MR) is 82.9 cm³/mol. The number of nitrogens with one attached hydrogen (secondary N) is 1. The van der Waals surface area contributed by atoms with Gasteiger partial charge in [-0.05, 0) is 43.7 Å². The van der Waals surface area contributed by atoms with Crippen molar-refractivity contribution in [2.45, 2.75) is 19.9 Å².